The van der Waals surface area contributed by atoms with Gasteiger partial charge in [-0.3, -0.25) is 4.52 Å². The van der Waals surface area contributed by atoms with E-state index in [2.05, 4.69) is 14.6 Å². The van der Waals surface area contributed by atoms with Crippen molar-refractivity contribution < 1.29 is 18.6 Å². The van der Waals surface area contributed by atoms with Crippen LogP contribution in [0, 0.1) is 6.04 Å². The maximum atomic E-state index is 10.6. The van der Waals surface area contributed by atoms with Gasteiger partial charge in [-0.25, -0.2) is 9.36 Å². The predicted molar refractivity (Wildman–Crippen MR) is 35.7 cm³/mol. The Morgan fingerprint density at radius 1 is 1.64 bits per heavy atom. The summed E-state index contributed by atoms with van der Waals surface area (Å²) in [5.74, 6) is 0. The molecule has 0 atom stereocenters. The lowest BCUT2D eigenvalue weighted by atomic mass is 10.7. The Bertz CT molecular complexity index is 159. The van der Waals surface area contributed by atoms with Gasteiger partial charge in [-0.15, -0.1) is 0 Å². The van der Waals surface area contributed by atoms with Gasteiger partial charge >= 0.3 is 14.8 Å². The topological polar surface area (TPSA) is 64.6 Å². The number of hydrogen-bond donors (Lipinski definition) is 1. The highest BCUT2D eigenvalue weighted by molar-refractivity contribution is 7.17. The molecule has 1 amide bonds. The predicted octanol–water partition coefficient (Wildman–Crippen LogP) is 1.22. The molecule has 1 radical (unpaired) electrons. The largest absolute Gasteiger partial charge is 0.421 e. The summed E-state index contributed by atoms with van der Waals surface area (Å²) in [5.41, 5.74) is 0. The van der Waals surface area contributed by atoms with Crippen LogP contribution in [0.2, 0.25) is 0 Å². The first kappa shape index (κ1) is 8.43. The number of hydrogen-bond acceptors (Lipinski definition) is 4. The molecule has 1 rings (SSSR count). The van der Waals surface area contributed by atoms with E-state index in [1.54, 1.807) is 0 Å². The lowest BCUT2D eigenvalue weighted by Gasteiger charge is -2.01. The summed E-state index contributed by atoms with van der Waals surface area (Å²) in [4.78, 5) is 10.6. The first-order chi connectivity index (χ1) is 5.33. The molecule has 1 fully saturated rings. The zero-order valence-electron chi connectivity index (χ0n) is 5.70. The second-order valence-corrected chi connectivity index (χ2v) is 2.39. The molecule has 0 aromatic rings. The molecule has 61 valence electrons. The Labute approximate surface area is 65.3 Å². The van der Waals surface area contributed by atoms with Crippen molar-refractivity contribution in [2.24, 2.45) is 0 Å². The minimum atomic E-state index is -0.554. The molecule has 1 saturated carbocycles. The highest BCUT2D eigenvalue weighted by atomic mass is 31.1. The average Bonchev–Trinajstić information content (AvgIpc) is 2.72. The molecule has 0 aromatic carbocycles. The van der Waals surface area contributed by atoms with Crippen LogP contribution in [0.3, 0.4) is 0 Å². The molecule has 0 saturated heterocycles. The monoisotopic (exact) mass is 176 g/mol. The summed E-state index contributed by atoms with van der Waals surface area (Å²) in [6.45, 7) is -0.288. The van der Waals surface area contributed by atoms with Crippen molar-refractivity contribution in [3.8, 4) is 0 Å². The Kier molecular flexibility index (Phi) is 3.26. The third kappa shape index (κ3) is 3.91. The van der Waals surface area contributed by atoms with Gasteiger partial charge in [-0.1, -0.05) is 0 Å². The molecule has 1 aliphatic rings. The van der Waals surface area contributed by atoms with E-state index in [1.165, 1.54) is 0 Å². The van der Waals surface area contributed by atoms with E-state index < -0.39 is 14.8 Å². The molecule has 11 heavy (non-hydrogen) atoms. The van der Waals surface area contributed by atoms with Crippen LogP contribution >= 0.6 is 8.69 Å². The van der Waals surface area contributed by atoms with Gasteiger partial charge in [0.25, 0.3) is 0 Å². The first-order valence-corrected chi connectivity index (χ1v) is 3.79. The normalized spacial score (nSPS) is 16.4. The molecular weight excluding hydrogens is 169 g/mol. The quantitative estimate of drug-likeness (QED) is 0.397. The highest BCUT2D eigenvalue weighted by Gasteiger charge is 2.25. The summed E-state index contributed by atoms with van der Waals surface area (Å²) < 4.78 is 18.3. The smallest absolute Gasteiger partial charge is 0.409 e. The van der Waals surface area contributed by atoms with Gasteiger partial charge < -0.3 is 10.1 Å². The highest BCUT2D eigenvalue weighted by Crippen LogP contribution is 2.27. The van der Waals surface area contributed by atoms with E-state index in [0.29, 0.717) is 0 Å². The summed E-state index contributed by atoms with van der Waals surface area (Å²) in [7, 11) is -0.488. The van der Waals surface area contributed by atoms with Crippen LogP contribution in [0.4, 0.5) is 4.79 Å². The van der Waals surface area contributed by atoms with E-state index in [1.807, 2.05) is 0 Å². The fraction of sp³-hybridized carbons (Fsp3) is 0.600. The van der Waals surface area contributed by atoms with Crippen molar-refractivity contribution in [2.75, 3.05) is 6.79 Å². The van der Waals surface area contributed by atoms with Crippen LogP contribution in [-0.4, -0.2) is 12.9 Å². The van der Waals surface area contributed by atoms with Crippen LogP contribution in [-0.2, 0) is 13.8 Å². The lowest BCUT2D eigenvalue weighted by Crippen LogP contribution is -2.22. The third-order valence-electron chi connectivity index (χ3n) is 1.07. The fourth-order valence-electron chi connectivity index (χ4n) is 0.469. The molecule has 6 heteroatoms. The molecule has 0 aromatic heterocycles. The first-order valence-electron chi connectivity index (χ1n) is 3.06. The Morgan fingerprint density at radius 3 is 2.91 bits per heavy atom. The van der Waals surface area contributed by atoms with Crippen molar-refractivity contribution in [2.45, 2.75) is 12.8 Å². The van der Waals surface area contributed by atoms with Crippen molar-refractivity contribution in [3.05, 3.63) is 6.04 Å². The van der Waals surface area contributed by atoms with E-state index in [4.69, 9.17) is 0 Å². The number of rotatable bonds is 4. The second-order valence-electron chi connectivity index (χ2n) is 1.98. The van der Waals surface area contributed by atoms with Gasteiger partial charge in [0.15, 0.2) is 0 Å². The molecule has 0 bridgehead atoms. The minimum absolute atomic E-state index is 0.288. The standard InChI is InChI=1S/C5H7NO4P/c7-5(6-4-1-2-4)9-3-10-11-8/h1-3H2,(H,6,7). The molecule has 1 aliphatic carbocycles. The summed E-state index contributed by atoms with van der Waals surface area (Å²) in [6.07, 6.45) is 1.30. The van der Waals surface area contributed by atoms with Crippen LogP contribution < -0.4 is 5.32 Å². The Morgan fingerprint density at radius 2 is 2.36 bits per heavy atom. The van der Waals surface area contributed by atoms with E-state index in [0.717, 1.165) is 18.9 Å². The molecule has 0 aliphatic heterocycles. The van der Waals surface area contributed by atoms with Gasteiger partial charge in [0.05, 0.1) is 6.04 Å². The summed E-state index contributed by atoms with van der Waals surface area (Å²) in [6, 6.07) is 0.967. The van der Waals surface area contributed by atoms with Crippen molar-refractivity contribution in [3.63, 3.8) is 0 Å². The average molecular weight is 176 g/mol. The van der Waals surface area contributed by atoms with Gasteiger partial charge in [-0.2, -0.15) is 0 Å². The van der Waals surface area contributed by atoms with Crippen molar-refractivity contribution >= 4 is 14.8 Å². The SMILES string of the molecule is O=POCOC(=O)N[C]1CC1. The third-order valence-corrected chi connectivity index (χ3v) is 1.29. The zero-order chi connectivity index (χ0) is 8.10. The number of carbonyl (C=O) groups is 1. The molecule has 0 heterocycles. The molecule has 0 spiro atoms. The van der Waals surface area contributed by atoms with Gasteiger partial charge in [0.1, 0.15) is 0 Å². The fourth-order valence-corrected chi connectivity index (χ4v) is 0.565. The van der Waals surface area contributed by atoms with Gasteiger partial charge in [0, 0.05) is 0 Å². The van der Waals surface area contributed by atoms with Crippen LogP contribution in [0.15, 0.2) is 0 Å². The maximum Gasteiger partial charge on any atom is 0.409 e. The summed E-state index contributed by atoms with van der Waals surface area (Å²) >= 11 is 0. The summed E-state index contributed by atoms with van der Waals surface area (Å²) in [5, 5.41) is 2.48. The zero-order valence-corrected chi connectivity index (χ0v) is 6.60. The molecule has 0 unspecified atom stereocenters. The maximum absolute atomic E-state index is 10.6. The number of alkyl carbamates (subject to hydrolysis) is 1. The van der Waals surface area contributed by atoms with E-state index in [9.17, 15) is 9.36 Å². The van der Waals surface area contributed by atoms with Crippen LogP contribution in [0.5, 0.6) is 0 Å². The van der Waals surface area contributed by atoms with E-state index >= 15 is 0 Å². The van der Waals surface area contributed by atoms with Crippen molar-refractivity contribution in [1.82, 2.24) is 5.32 Å². The number of ether oxygens (including phenoxy) is 1. The molecular formula is C5H7NO4P. The Balaban J connectivity index is 1.95. The minimum Gasteiger partial charge on any atom is -0.421 e. The van der Waals surface area contributed by atoms with Crippen molar-refractivity contribution in [1.29, 1.82) is 0 Å². The van der Waals surface area contributed by atoms with Gasteiger partial charge in [-0.05, 0) is 12.8 Å². The van der Waals surface area contributed by atoms with Crippen LogP contribution in [0.25, 0.3) is 0 Å². The lowest BCUT2D eigenvalue weighted by molar-refractivity contribution is 0.0687. The van der Waals surface area contributed by atoms with Crippen LogP contribution in [0.1, 0.15) is 12.8 Å². The molecule has 5 nitrogen and oxygen atoms in total. The number of amides is 1. The second kappa shape index (κ2) is 4.26. The molecule has 1 N–H and O–H groups in total. The Hall–Kier alpha value is -0.670. The van der Waals surface area contributed by atoms with E-state index in [-0.39, 0.29) is 6.79 Å². The number of carbonyl (C=O) groups excluding carboxylic acids is 1. The van der Waals surface area contributed by atoms with Gasteiger partial charge in [0.2, 0.25) is 6.79 Å². The number of nitrogens with one attached hydrogen (secondary N) is 1.